The van der Waals surface area contributed by atoms with Crippen LogP contribution in [0, 0.1) is 5.92 Å². The standard InChI is InChI=1S/C13H16BrNO4/c1-7(2)11(13(17)18)15-12(16)9-6-8(14)4-5-10(9)19-3/h4-7,11H,1-3H3,(H,15,16)(H,17,18). The number of hydrogen-bond donors (Lipinski definition) is 2. The molecule has 0 fully saturated rings. The maximum atomic E-state index is 12.1. The second kappa shape index (κ2) is 6.56. The summed E-state index contributed by atoms with van der Waals surface area (Å²) in [6.07, 6.45) is 0. The third-order valence-electron chi connectivity index (χ3n) is 2.63. The lowest BCUT2D eigenvalue weighted by atomic mass is 10.0. The maximum absolute atomic E-state index is 12.1. The van der Waals surface area contributed by atoms with Gasteiger partial charge in [0.05, 0.1) is 12.7 Å². The number of amides is 1. The average molecular weight is 330 g/mol. The predicted molar refractivity (Wildman–Crippen MR) is 74.4 cm³/mol. The van der Waals surface area contributed by atoms with Crippen molar-refractivity contribution in [1.29, 1.82) is 0 Å². The first kappa shape index (κ1) is 15.5. The van der Waals surface area contributed by atoms with Gasteiger partial charge in [0.1, 0.15) is 11.8 Å². The third kappa shape index (κ3) is 3.96. The van der Waals surface area contributed by atoms with E-state index in [1.807, 2.05) is 0 Å². The van der Waals surface area contributed by atoms with E-state index in [0.717, 1.165) is 4.47 Å². The maximum Gasteiger partial charge on any atom is 0.326 e. The van der Waals surface area contributed by atoms with E-state index in [1.54, 1.807) is 32.0 Å². The van der Waals surface area contributed by atoms with E-state index >= 15 is 0 Å². The van der Waals surface area contributed by atoms with Crippen LogP contribution in [0.15, 0.2) is 22.7 Å². The zero-order chi connectivity index (χ0) is 14.6. The number of aliphatic carboxylic acids is 1. The molecule has 1 atom stereocenters. The Morgan fingerprint density at radius 1 is 1.37 bits per heavy atom. The highest BCUT2D eigenvalue weighted by Gasteiger charge is 2.25. The molecule has 0 heterocycles. The molecule has 104 valence electrons. The molecule has 2 N–H and O–H groups in total. The van der Waals surface area contributed by atoms with Gasteiger partial charge in [-0.05, 0) is 24.1 Å². The van der Waals surface area contributed by atoms with Crippen molar-refractivity contribution in [2.45, 2.75) is 19.9 Å². The fourth-order valence-electron chi connectivity index (χ4n) is 1.59. The zero-order valence-electron chi connectivity index (χ0n) is 10.9. The summed E-state index contributed by atoms with van der Waals surface area (Å²) in [6, 6.07) is 4.04. The molecule has 19 heavy (non-hydrogen) atoms. The minimum absolute atomic E-state index is 0.209. The van der Waals surface area contributed by atoms with E-state index in [-0.39, 0.29) is 5.92 Å². The van der Waals surface area contributed by atoms with Gasteiger partial charge in [-0.1, -0.05) is 29.8 Å². The molecule has 1 amide bonds. The van der Waals surface area contributed by atoms with E-state index in [2.05, 4.69) is 21.2 Å². The highest BCUT2D eigenvalue weighted by molar-refractivity contribution is 9.10. The molecule has 5 nitrogen and oxygen atoms in total. The van der Waals surface area contributed by atoms with Crippen LogP contribution in [0.3, 0.4) is 0 Å². The third-order valence-corrected chi connectivity index (χ3v) is 3.12. The Kier molecular flexibility index (Phi) is 5.35. The van der Waals surface area contributed by atoms with Crippen molar-refractivity contribution in [1.82, 2.24) is 5.32 Å². The topological polar surface area (TPSA) is 75.6 Å². The average Bonchev–Trinajstić information content (AvgIpc) is 2.34. The van der Waals surface area contributed by atoms with Crippen molar-refractivity contribution in [3.63, 3.8) is 0 Å². The molecule has 0 aliphatic rings. The van der Waals surface area contributed by atoms with E-state index in [1.165, 1.54) is 7.11 Å². The lowest BCUT2D eigenvalue weighted by molar-refractivity contribution is -0.140. The highest BCUT2D eigenvalue weighted by atomic mass is 79.9. The Bertz CT molecular complexity index is 488. The number of methoxy groups -OCH3 is 1. The van der Waals surface area contributed by atoms with Gasteiger partial charge in [0.2, 0.25) is 0 Å². The first-order chi connectivity index (χ1) is 8.86. The summed E-state index contributed by atoms with van der Waals surface area (Å²) in [5.41, 5.74) is 0.295. The molecule has 0 aromatic heterocycles. The zero-order valence-corrected chi connectivity index (χ0v) is 12.5. The molecule has 0 saturated carbocycles. The Morgan fingerprint density at radius 3 is 2.47 bits per heavy atom. The van der Waals surface area contributed by atoms with Crippen LogP contribution in [0.5, 0.6) is 5.75 Å². The first-order valence-electron chi connectivity index (χ1n) is 5.74. The molecule has 1 unspecified atom stereocenters. The second-order valence-electron chi connectivity index (χ2n) is 4.38. The van der Waals surface area contributed by atoms with E-state index in [0.29, 0.717) is 11.3 Å². The normalized spacial score (nSPS) is 12.1. The molecule has 0 radical (unpaired) electrons. The summed E-state index contributed by atoms with van der Waals surface area (Å²) in [7, 11) is 1.46. The number of benzene rings is 1. The van der Waals surface area contributed by atoms with Crippen LogP contribution < -0.4 is 10.1 Å². The van der Waals surface area contributed by atoms with Crippen molar-refractivity contribution < 1.29 is 19.4 Å². The van der Waals surface area contributed by atoms with Crippen LogP contribution in [0.1, 0.15) is 24.2 Å². The molecule has 1 aromatic rings. The molecule has 0 bridgehead atoms. The number of ether oxygens (including phenoxy) is 1. The predicted octanol–water partition coefficient (Wildman–Crippen LogP) is 2.30. The van der Waals surface area contributed by atoms with Crippen molar-refractivity contribution in [3.8, 4) is 5.75 Å². The summed E-state index contributed by atoms with van der Waals surface area (Å²) < 4.78 is 5.81. The number of carboxylic acid groups (broad SMARTS) is 1. The van der Waals surface area contributed by atoms with Crippen LogP contribution >= 0.6 is 15.9 Å². The summed E-state index contributed by atoms with van der Waals surface area (Å²) in [6.45, 7) is 3.47. The SMILES string of the molecule is COc1ccc(Br)cc1C(=O)NC(C(=O)O)C(C)C. The minimum Gasteiger partial charge on any atom is -0.496 e. The number of carbonyl (C=O) groups is 2. The summed E-state index contributed by atoms with van der Waals surface area (Å²) in [4.78, 5) is 23.2. The van der Waals surface area contributed by atoms with Crippen LogP contribution in [0.4, 0.5) is 0 Å². The number of carboxylic acids is 1. The molecular weight excluding hydrogens is 314 g/mol. The van der Waals surface area contributed by atoms with Gasteiger partial charge in [-0.2, -0.15) is 0 Å². The molecular formula is C13H16BrNO4. The quantitative estimate of drug-likeness (QED) is 0.869. The monoisotopic (exact) mass is 329 g/mol. The fourth-order valence-corrected chi connectivity index (χ4v) is 1.95. The number of hydrogen-bond acceptors (Lipinski definition) is 3. The lowest BCUT2D eigenvalue weighted by Crippen LogP contribution is -2.44. The van der Waals surface area contributed by atoms with Gasteiger partial charge < -0.3 is 15.2 Å². The van der Waals surface area contributed by atoms with Crippen molar-refractivity contribution in [3.05, 3.63) is 28.2 Å². The molecule has 0 aliphatic heterocycles. The van der Waals surface area contributed by atoms with Gasteiger partial charge in [0.15, 0.2) is 0 Å². The van der Waals surface area contributed by atoms with Gasteiger partial charge in [0, 0.05) is 4.47 Å². The van der Waals surface area contributed by atoms with Crippen molar-refractivity contribution >= 4 is 27.8 Å². The van der Waals surface area contributed by atoms with E-state index in [4.69, 9.17) is 9.84 Å². The fraction of sp³-hybridized carbons (Fsp3) is 0.385. The largest absolute Gasteiger partial charge is 0.496 e. The Hall–Kier alpha value is -1.56. The lowest BCUT2D eigenvalue weighted by Gasteiger charge is -2.18. The molecule has 6 heteroatoms. The number of nitrogens with one attached hydrogen (secondary N) is 1. The molecule has 1 rings (SSSR count). The highest BCUT2D eigenvalue weighted by Crippen LogP contribution is 2.23. The van der Waals surface area contributed by atoms with E-state index in [9.17, 15) is 9.59 Å². The van der Waals surface area contributed by atoms with Crippen molar-refractivity contribution in [2.24, 2.45) is 5.92 Å². The number of halogens is 1. The molecule has 1 aromatic carbocycles. The molecule has 0 aliphatic carbocycles. The summed E-state index contributed by atoms with van der Waals surface area (Å²) in [5.74, 6) is -1.34. The Balaban J connectivity index is 3.00. The van der Waals surface area contributed by atoms with E-state index < -0.39 is 17.9 Å². The first-order valence-corrected chi connectivity index (χ1v) is 6.53. The van der Waals surface area contributed by atoms with Gasteiger partial charge in [-0.3, -0.25) is 4.79 Å². The number of rotatable bonds is 5. The van der Waals surface area contributed by atoms with Gasteiger partial charge in [-0.15, -0.1) is 0 Å². The van der Waals surface area contributed by atoms with Gasteiger partial charge in [-0.25, -0.2) is 4.79 Å². The van der Waals surface area contributed by atoms with Gasteiger partial charge >= 0.3 is 5.97 Å². The number of carbonyl (C=O) groups excluding carboxylic acids is 1. The summed E-state index contributed by atoms with van der Waals surface area (Å²) in [5, 5.41) is 11.6. The second-order valence-corrected chi connectivity index (χ2v) is 5.29. The van der Waals surface area contributed by atoms with Gasteiger partial charge in [0.25, 0.3) is 5.91 Å². The molecule has 0 saturated heterocycles. The van der Waals surface area contributed by atoms with Crippen molar-refractivity contribution in [2.75, 3.05) is 7.11 Å². The smallest absolute Gasteiger partial charge is 0.326 e. The Morgan fingerprint density at radius 2 is 2.00 bits per heavy atom. The van der Waals surface area contributed by atoms with Crippen LogP contribution in [-0.2, 0) is 4.79 Å². The van der Waals surface area contributed by atoms with Crippen LogP contribution in [0.25, 0.3) is 0 Å². The van der Waals surface area contributed by atoms with Crippen LogP contribution in [-0.4, -0.2) is 30.1 Å². The Labute approximate surface area is 120 Å². The molecule has 0 spiro atoms. The van der Waals surface area contributed by atoms with Crippen LogP contribution in [0.2, 0.25) is 0 Å². The minimum atomic E-state index is -1.06. The summed E-state index contributed by atoms with van der Waals surface area (Å²) >= 11 is 3.27.